The Bertz CT molecular complexity index is 164. The Labute approximate surface area is 92.3 Å². The van der Waals surface area contributed by atoms with Gasteiger partial charge in [0.05, 0.1) is 25.4 Å². The molecule has 1 aliphatic carbocycles. The van der Waals surface area contributed by atoms with Crippen molar-refractivity contribution in [2.75, 3.05) is 34.0 Å². The summed E-state index contributed by atoms with van der Waals surface area (Å²) in [6.07, 6.45) is 2.57. The fourth-order valence-corrected chi connectivity index (χ4v) is 1.79. The van der Waals surface area contributed by atoms with Crippen LogP contribution in [0, 0.1) is 0 Å². The van der Waals surface area contributed by atoms with E-state index in [0.29, 0.717) is 19.3 Å². The minimum Gasteiger partial charge on any atom is -0.382 e. The molecule has 0 spiro atoms. The summed E-state index contributed by atoms with van der Waals surface area (Å²) in [5, 5.41) is 3.24. The van der Waals surface area contributed by atoms with Crippen LogP contribution in [0.1, 0.15) is 19.8 Å². The van der Waals surface area contributed by atoms with Crippen LogP contribution in [0.5, 0.6) is 0 Å². The lowest BCUT2D eigenvalue weighted by Gasteiger charge is -2.43. The predicted molar refractivity (Wildman–Crippen MR) is 59.1 cm³/mol. The summed E-state index contributed by atoms with van der Waals surface area (Å²) in [5.74, 6) is 0. The summed E-state index contributed by atoms with van der Waals surface area (Å²) in [5.41, 5.74) is 0. The van der Waals surface area contributed by atoms with Crippen molar-refractivity contribution in [1.29, 1.82) is 0 Å². The second-order valence-electron chi connectivity index (χ2n) is 3.87. The molecule has 90 valence electrons. The molecule has 3 unspecified atom stereocenters. The third kappa shape index (κ3) is 3.72. The number of hydrogen-bond acceptors (Lipinski definition) is 4. The minimum atomic E-state index is 0.191. The van der Waals surface area contributed by atoms with Crippen LogP contribution in [0.4, 0.5) is 0 Å². The molecule has 1 aliphatic rings. The summed E-state index contributed by atoms with van der Waals surface area (Å²) < 4.78 is 16.4. The standard InChI is InChI=1S/C11H23NO3/c1-4-5-14-10-8-9(12-2)11(10)15-7-6-13-3/h9-12H,4-8H2,1-3H3. The highest BCUT2D eigenvalue weighted by Crippen LogP contribution is 2.27. The van der Waals surface area contributed by atoms with Crippen molar-refractivity contribution in [1.82, 2.24) is 5.32 Å². The van der Waals surface area contributed by atoms with Gasteiger partial charge in [0, 0.05) is 19.8 Å². The number of likely N-dealkylation sites (N-methyl/N-ethyl adjacent to an activating group) is 1. The van der Waals surface area contributed by atoms with Crippen LogP contribution in [0.15, 0.2) is 0 Å². The highest BCUT2D eigenvalue weighted by atomic mass is 16.6. The van der Waals surface area contributed by atoms with Crippen LogP contribution in [-0.4, -0.2) is 52.2 Å². The van der Waals surface area contributed by atoms with E-state index in [1.54, 1.807) is 7.11 Å². The molecule has 0 saturated heterocycles. The molecule has 1 saturated carbocycles. The fraction of sp³-hybridized carbons (Fsp3) is 1.00. The van der Waals surface area contributed by atoms with Gasteiger partial charge in [-0.3, -0.25) is 0 Å². The topological polar surface area (TPSA) is 39.7 Å². The van der Waals surface area contributed by atoms with Gasteiger partial charge in [-0.25, -0.2) is 0 Å². The summed E-state index contributed by atoms with van der Waals surface area (Å²) in [7, 11) is 3.65. The SMILES string of the molecule is CCCOC1CC(NC)C1OCCOC. The molecular formula is C11H23NO3. The number of nitrogens with one attached hydrogen (secondary N) is 1. The van der Waals surface area contributed by atoms with Crippen molar-refractivity contribution in [3.8, 4) is 0 Å². The summed E-state index contributed by atoms with van der Waals surface area (Å²) in [6.45, 7) is 4.24. The first-order chi connectivity index (χ1) is 7.33. The van der Waals surface area contributed by atoms with Gasteiger partial charge in [0.15, 0.2) is 0 Å². The molecule has 0 aromatic heterocycles. The molecule has 15 heavy (non-hydrogen) atoms. The fourth-order valence-electron chi connectivity index (χ4n) is 1.79. The van der Waals surface area contributed by atoms with Gasteiger partial charge in [0.25, 0.3) is 0 Å². The number of ether oxygens (including phenoxy) is 3. The van der Waals surface area contributed by atoms with Gasteiger partial charge in [0.1, 0.15) is 0 Å². The van der Waals surface area contributed by atoms with E-state index < -0.39 is 0 Å². The van der Waals surface area contributed by atoms with Crippen molar-refractivity contribution in [3.05, 3.63) is 0 Å². The maximum absolute atomic E-state index is 5.72. The maximum atomic E-state index is 5.72. The summed E-state index contributed by atoms with van der Waals surface area (Å²) in [6, 6.07) is 0.434. The van der Waals surface area contributed by atoms with Crippen LogP contribution < -0.4 is 5.32 Å². The number of methoxy groups -OCH3 is 1. The molecule has 1 rings (SSSR count). The molecular weight excluding hydrogens is 194 g/mol. The van der Waals surface area contributed by atoms with E-state index in [2.05, 4.69) is 12.2 Å². The molecule has 1 fully saturated rings. The van der Waals surface area contributed by atoms with E-state index in [9.17, 15) is 0 Å². The lowest BCUT2D eigenvalue weighted by molar-refractivity contribution is -0.150. The lowest BCUT2D eigenvalue weighted by atomic mass is 9.85. The summed E-state index contributed by atoms with van der Waals surface area (Å²) in [4.78, 5) is 0. The van der Waals surface area contributed by atoms with Crippen LogP contribution in [-0.2, 0) is 14.2 Å². The van der Waals surface area contributed by atoms with E-state index in [4.69, 9.17) is 14.2 Å². The number of hydrogen-bond donors (Lipinski definition) is 1. The van der Waals surface area contributed by atoms with Gasteiger partial charge < -0.3 is 19.5 Å². The first-order valence-electron chi connectivity index (χ1n) is 5.72. The Morgan fingerprint density at radius 1 is 1.20 bits per heavy atom. The molecule has 0 heterocycles. The van der Waals surface area contributed by atoms with E-state index in [1.165, 1.54) is 0 Å². The number of rotatable bonds is 8. The lowest BCUT2D eigenvalue weighted by Crippen LogP contribution is -2.59. The molecule has 4 heteroatoms. The minimum absolute atomic E-state index is 0.191. The van der Waals surface area contributed by atoms with Gasteiger partial charge in [-0.05, 0) is 19.9 Å². The van der Waals surface area contributed by atoms with Gasteiger partial charge >= 0.3 is 0 Å². The van der Waals surface area contributed by atoms with Crippen molar-refractivity contribution in [2.24, 2.45) is 0 Å². The van der Waals surface area contributed by atoms with E-state index in [1.807, 2.05) is 7.05 Å². The zero-order valence-electron chi connectivity index (χ0n) is 9.99. The molecule has 3 atom stereocenters. The molecule has 0 amide bonds. The molecule has 0 aliphatic heterocycles. The quantitative estimate of drug-likeness (QED) is 0.611. The van der Waals surface area contributed by atoms with E-state index in [0.717, 1.165) is 19.4 Å². The second-order valence-corrected chi connectivity index (χ2v) is 3.87. The molecule has 0 radical (unpaired) electrons. The Morgan fingerprint density at radius 3 is 2.60 bits per heavy atom. The molecule has 1 N–H and O–H groups in total. The average molecular weight is 217 g/mol. The normalized spacial score (nSPS) is 30.2. The Morgan fingerprint density at radius 2 is 2.00 bits per heavy atom. The average Bonchev–Trinajstić information content (AvgIpc) is 2.23. The highest BCUT2D eigenvalue weighted by Gasteiger charge is 2.41. The van der Waals surface area contributed by atoms with Crippen molar-refractivity contribution in [3.63, 3.8) is 0 Å². The smallest absolute Gasteiger partial charge is 0.0991 e. The van der Waals surface area contributed by atoms with Crippen LogP contribution in [0.2, 0.25) is 0 Å². The largest absolute Gasteiger partial charge is 0.382 e. The van der Waals surface area contributed by atoms with E-state index in [-0.39, 0.29) is 12.2 Å². The Balaban J connectivity index is 2.21. The van der Waals surface area contributed by atoms with E-state index >= 15 is 0 Å². The van der Waals surface area contributed by atoms with Crippen molar-refractivity contribution in [2.45, 2.75) is 38.0 Å². The summed E-state index contributed by atoms with van der Waals surface area (Å²) >= 11 is 0. The molecule has 0 bridgehead atoms. The first-order valence-corrected chi connectivity index (χ1v) is 5.72. The van der Waals surface area contributed by atoms with Gasteiger partial charge in [-0.2, -0.15) is 0 Å². The van der Waals surface area contributed by atoms with Gasteiger partial charge in [0.2, 0.25) is 0 Å². The molecule has 4 nitrogen and oxygen atoms in total. The van der Waals surface area contributed by atoms with Crippen LogP contribution >= 0.6 is 0 Å². The third-order valence-electron chi connectivity index (χ3n) is 2.75. The Hall–Kier alpha value is -0.160. The van der Waals surface area contributed by atoms with Crippen LogP contribution in [0.25, 0.3) is 0 Å². The monoisotopic (exact) mass is 217 g/mol. The van der Waals surface area contributed by atoms with Gasteiger partial charge in [-0.15, -0.1) is 0 Å². The van der Waals surface area contributed by atoms with Gasteiger partial charge in [-0.1, -0.05) is 6.92 Å². The van der Waals surface area contributed by atoms with Crippen LogP contribution in [0.3, 0.4) is 0 Å². The van der Waals surface area contributed by atoms with Crippen molar-refractivity contribution < 1.29 is 14.2 Å². The molecule has 0 aromatic carbocycles. The third-order valence-corrected chi connectivity index (χ3v) is 2.75. The first kappa shape index (κ1) is 12.9. The zero-order chi connectivity index (χ0) is 11.1. The predicted octanol–water partition coefficient (Wildman–Crippen LogP) is 0.805. The maximum Gasteiger partial charge on any atom is 0.0991 e. The Kier molecular flexibility index (Phi) is 6.17. The molecule has 0 aromatic rings. The van der Waals surface area contributed by atoms with Crippen molar-refractivity contribution >= 4 is 0 Å². The zero-order valence-corrected chi connectivity index (χ0v) is 9.99. The second kappa shape index (κ2) is 7.17. The highest BCUT2D eigenvalue weighted by molar-refractivity contribution is 4.96.